The Hall–Kier alpha value is 0. The minimum atomic E-state index is 0.321. The van der Waals surface area contributed by atoms with E-state index in [9.17, 15) is 0 Å². The van der Waals surface area contributed by atoms with Gasteiger partial charge in [-0.05, 0) is 85.8 Å². The highest BCUT2D eigenvalue weighted by Gasteiger charge is 3.06. The van der Waals surface area contributed by atoms with Crippen LogP contribution in [0.3, 0.4) is 0 Å². The molecule has 0 heterocycles. The summed E-state index contributed by atoms with van der Waals surface area (Å²) in [6.07, 6.45) is 5.75. The molecule has 0 saturated heterocycles. The van der Waals surface area contributed by atoms with Crippen molar-refractivity contribution >= 4 is 0 Å². The van der Waals surface area contributed by atoms with Gasteiger partial charge < -0.3 is 0 Å². The Morgan fingerprint density at radius 3 is 1.54 bits per heavy atom. The molecule has 5 rings (SSSR count). The first kappa shape index (κ1) is 19.9. The van der Waals surface area contributed by atoms with Crippen LogP contribution in [-0.4, -0.2) is 0 Å². The normalized spacial score (nSPS) is 65.2. The van der Waals surface area contributed by atoms with Gasteiger partial charge in [0.2, 0.25) is 0 Å². The molecule has 8 atom stereocenters. The lowest BCUT2D eigenvalue weighted by molar-refractivity contribution is -0.312. The largest absolute Gasteiger partial charge is 0.0596 e. The first-order valence-electron chi connectivity index (χ1n) is 12.3. The summed E-state index contributed by atoms with van der Waals surface area (Å²) in [6, 6.07) is 0. The zero-order chi connectivity index (χ0) is 21.4. The minimum Gasteiger partial charge on any atom is -0.0596 e. The van der Waals surface area contributed by atoms with Gasteiger partial charge in [0, 0.05) is 0 Å². The van der Waals surface area contributed by atoms with E-state index in [0.717, 1.165) is 5.92 Å². The van der Waals surface area contributed by atoms with Crippen molar-refractivity contribution < 1.29 is 0 Å². The maximum atomic E-state index is 2.79. The first-order valence-corrected chi connectivity index (χ1v) is 12.3. The number of fused-ring (bicyclic) bond motifs is 6. The van der Waals surface area contributed by atoms with E-state index in [1.807, 2.05) is 0 Å². The molecule has 28 heavy (non-hydrogen) atoms. The van der Waals surface area contributed by atoms with Crippen LogP contribution in [0.1, 0.15) is 116 Å². The van der Waals surface area contributed by atoms with Crippen molar-refractivity contribution in [3.8, 4) is 0 Å². The van der Waals surface area contributed by atoms with Gasteiger partial charge in [-0.15, -0.1) is 0 Å². The highest BCUT2D eigenvalue weighted by atomic mass is 15.1. The van der Waals surface area contributed by atoms with Gasteiger partial charge in [-0.2, -0.15) is 0 Å². The van der Waals surface area contributed by atoms with Gasteiger partial charge in [-0.3, -0.25) is 0 Å². The average molecular weight is 385 g/mol. The van der Waals surface area contributed by atoms with E-state index in [1.54, 1.807) is 0 Å². The molecule has 0 amide bonds. The lowest BCUT2D eigenvalue weighted by Gasteiger charge is -2.79. The zero-order valence-electron chi connectivity index (χ0n) is 21.4. The van der Waals surface area contributed by atoms with E-state index in [4.69, 9.17) is 0 Å². The fourth-order valence-electron chi connectivity index (χ4n) is 14.4. The Kier molecular flexibility index (Phi) is 2.89. The van der Waals surface area contributed by atoms with Crippen LogP contribution in [-0.2, 0) is 0 Å². The third-order valence-corrected chi connectivity index (χ3v) is 15.0. The van der Waals surface area contributed by atoms with Crippen molar-refractivity contribution in [1.29, 1.82) is 0 Å². The number of hydrogen-bond acceptors (Lipinski definition) is 0. The fourth-order valence-corrected chi connectivity index (χ4v) is 14.4. The third-order valence-electron chi connectivity index (χ3n) is 15.0. The molecule has 5 saturated carbocycles. The van der Waals surface area contributed by atoms with Crippen LogP contribution in [0.2, 0.25) is 0 Å². The molecule has 7 unspecified atom stereocenters. The summed E-state index contributed by atoms with van der Waals surface area (Å²) >= 11 is 0. The predicted molar refractivity (Wildman–Crippen MR) is 120 cm³/mol. The first-order chi connectivity index (χ1) is 12.3. The van der Waals surface area contributed by atoms with Crippen molar-refractivity contribution in [3.05, 3.63) is 0 Å². The Morgan fingerprint density at radius 1 is 0.607 bits per heavy atom. The van der Waals surface area contributed by atoms with Gasteiger partial charge in [0.25, 0.3) is 0 Å². The smallest absolute Gasteiger partial charge is 0.00648 e. The summed E-state index contributed by atoms with van der Waals surface area (Å²) in [4.78, 5) is 0. The van der Waals surface area contributed by atoms with E-state index in [2.05, 4.69) is 90.0 Å². The summed E-state index contributed by atoms with van der Waals surface area (Å²) in [6.45, 7) is 35.1. The van der Waals surface area contributed by atoms with Crippen LogP contribution < -0.4 is 0 Å². The summed E-state index contributed by atoms with van der Waals surface area (Å²) in [5, 5.41) is 0. The van der Waals surface area contributed by atoms with E-state index in [0.29, 0.717) is 54.1 Å². The van der Waals surface area contributed by atoms with Crippen molar-refractivity contribution in [3.63, 3.8) is 0 Å². The second kappa shape index (κ2) is 4.07. The summed E-state index contributed by atoms with van der Waals surface area (Å²) in [5.74, 6) is 0.857. The summed E-state index contributed by atoms with van der Waals surface area (Å²) in [7, 11) is 0. The van der Waals surface area contributed by atoms with Gasteiger partial charge in [-0.25, -0.2) is 0 Å². The molecule has 0 heteroatoms. The standard InChI is InChI=1S/C28H48/c1-19(2,3)28-21(6,7)24(10)17-16-22(24,8)18-23(9)15-14-20(4,5)26(23,12)27(28,13)25(18,28)11/h18H,14-17H2,1-13H3/t18?,22?,23?,24?,25?,26-,27?,28?/m0/s1. The maximum absolute atomic E-state index is 2.79. The molecule has 0 aliphatic heterocycles. The SMILES string of the molecule is CC(C)(C)C12C(C)(C)C3(C)CCC3(C)C3C1(C)C2(C)[C@@]1(C)C(C)(C)CCC31C. The maximum Gasteiger partial charge on any atom is -0.00648 e. The van der Waals surface area contributed by atoms with Gasteiger partial charge in [0.1, 0.15) is 0 Å². The molecule has 5 aliphatic rings. The molecule has 0 aromatic heterocycles. The minimum absolute atomic E-state index is 0.321. The third kappa shape index (κ3) is 1.13. The molecule has 0 bridgehead atoms. The van der Waals surface area contributed by atoms with Crippen LogP contribution >= 0.6 is 0 Å². The molecule has 0 radical (unpaired) electrons. The van der Waals surface area contributed by atoms with Crippen LogP contribution in [0.4, 0.5) is 0 Å². The van der Waals surface area contributed by atoms with Crippen molar-refractivity contribution in [2.75, 3.05) is 0 Å². The van der Waals surface area contributed by atoms with Crippen molar-refractivity contribution in [2.24, 2.45) is 60.1 Å². The Morgan fingerprint density at radius 2 is 1.11 bits per heavy atom. The lowest BCUT2D eigenvalue weighted by Crippen LogP contribution is -2.73. The Bertz CT molecular complexity index is 795. The quantitative estimate of drug-likeness (QED) is 0.393. The van der Waals surface area contributed by atoms with Crippen molar-refractivity contribution in [2.45, 2.75) is 116 Å². The van der Waals surface area contributed by atoms with E-state index >= 15 is 0 Å². The van der Waals surface area contributed by atoms with Crippen LogP contribution in [0.15, 0.2) is 0 Å². The van der Waals surface area contributed by atoms with E-state index in [-0.39, 0.29) is 0 Å². The van der Waals surface area contributed by atoms with Crippen molar-refractivity contribution in [1.82, 2.24) is 0 Å². The second-order valence-corrected chi connectivity index (χ2v) is 15.6. The number of rotatable bonds is 0. The molecular formula is C28H48. The summed E-state index contributed by atoms with van der Waals surface area (Å²) < 4.78 is 0. The number of hydrogen-bond donors (Lipinski definition) is 0. The Labute approximate surface area is 176 Å². The van der Waals surface area contributed by atoms with Gasteiger partial charge in [-0.1, -0.05) is 90.0 Å². The summed E-state index contributed by atoms with van der Waals surface area (Å²) in [5.41, 5.74) is 4.17. The van der Waals surface area contributed by atoms with Crippen LogP contribution in [0, 0.1) is 60.1 Å². The Balaban J connectivity index is 1.96. The van der Waals surface area contributed by atoms with E-state index < -0.39 is 0 Å². The average Bonchev–Trinajstić information content (AvgIpc) is 2.89. The molecule has 0 nitrogen and oxygen atoms in total. The van der Waals surface area contributed by atoms with Gasteiger partial charge >= 0.3 is 0 Å². The molecular weight excluding hydrogens is 336 g/mol. The molecule has 5 aliphatic carbocycles. The van der Waals surface area contributed by atoms with Gasteiger partial charge in [0.05, 0.1) is 0 Å². The monoisotopic (exact) mass is 384 g/mol. The zero-order valence-corrected chi connectivity index (χ0v) is 21.4. The fraction of sp³-hybridized carbons (Fsp3) is 1.00. The van der Waals surface area contributed by atoms with E-state index in [1.165, 1.54) is 25.7 Å². The van der Waals surface area contributed by atoms with Gasteiger partial charge in [0.15, 0.2) is 0 Å². The highest BCUT2D eigenvalue weighted by molar-refractivity contribution is 5.53. The molecule has 0 aromatic carbocycles. The molecule has 5 fully saturated rings. The molecule has 160 valence electrons. The molecule has 0 aromatic rings. The van der Waals surface area contributed by atoms with Crippen LogP contribution in [0.25, 0.3) is 0 Å². The molecule has 0 spiro atoms. The topological polar surface area (TPSA) is 0 Å². The highest BCUT2D eigenvalue weighted by Crippen LogP contribution is 3.10. The predicted octanol–water partition coefficient (Wildman–Crippen LogP) is 8.35. The lowest BCUT2D eigenvalue weighted by atomic mass is 9.25. The van der Waals surface area contributed by atoms with Crippen LogP contribution in [0.5, 0.6) is 0 Å². The molecule has 0 N–H and O–H groups in total. The second-order valence-electron chi connectivity index (χ2n) is 15.6.